The fourth-order valence-corrected chi connectivity index (χ4v) is 3.11. The summed E-state index contributed by atoms with van der Waals surface area (Å²) in [6.45, 7) is 0.644. The van der Waals surface area contributed by atoms with Gasteiger partial charge in [0, 0.05) is 12.1 Å². The molecule has 4 heteroatoms. The predicted molar refractivity (Wildman–Crippen MR) is 96.2 cm³/mol. The van der Waals surface area contributed by atoms with Crippen LogP contribution in [0.15, 0.2) is 42.5 Å². The van der Waals surface area contributed by atoms with E-state index in [4.69, 9.17) is 14.2 Å². The maximum absolute atomic E-state index is 6.18. The Morgan fingerprint density at radius 1 is 0.958 bits per heavy atom. The number of hydrogen-bond acceptors (Lipinski definition) is 4. The van der Waals surface area contributed by atoms with Gasteiger partial charge in [-0.05, 0) is 56.0 Å². The van der Waals surface area contributed by atoms with E-state index in [0.29, 0.717) is 12.6 Å². The Labute approximate surface area is 143 Å². The first-order valence-electron chi connectivity index (χ1n) is 8.50. The van der Waals surface area contributed by atoms with Crippen molar-refractivity contribution >= 4 is 5.69 Å². The molecule has 3 rings (SSSR count). The van der Waals surface area contributed by atoms with Crippen molar-refractivity contribution in [1.82, 2.24) is 0 Å². The van der Waals surface area contributed by atoms with Gasteiger partial charge < -0.3 is 19.5 Å². The van der Waals surface area contributed by atoms with Gasteiger partial charge >= 0.3 is 0 Å². The monoisotopic (exact) mass is 327 g/mol. The Bertz CT molecular complexity index is 666. The maximum atomic E-state index is 6.18. The highest BCUT2D eigenvalue weighted by Crippen LogP contribution is 2.31. The third-order valence-corrected chi connectivity index (χ3v) is 4.44. The molecule has 0 atom stereocenters. The van der Waals surface area contributed by atoms with Crippen molar-refractivity contribution in [2.75, 3.05) is 19.5 Å². The van der Waals surface area contributed by atoms with Crippen molar-refractivity contribution < 1.29 is 14.2 Å². The molecular formula is C20H25NO3. The zero-order valence-corrected chi connectivity index (χ0v) is 14.4. The Balaban J connectivity index is 1.72. The van der Waals surface area contributed by atoms with E-state index in [1.165, 1.54) is 12.8 Å². The van der Waals surface area contributed by atoms with E-state index < -0.39 is 0 Å². The van der Waals surface area contributed by atoms with E-state index in [1.54, 1.807) is 14.2 Å². The first-order chi connectivity index (χ1) is 11.8. The summed E-state index contributed by atoms with van der Waals surface area (Å²) in [5.41, 5.74) is 2.06. The number of rotatable bonds is 7. The number of methoxy groups -OCH3 is 2. The lowest BCUT2D eigenvalue weighted by molar-refractivity contribution is 0.211. The number of hydrogen-bond donors (Lipinski definition) is 1. The number of para-hydroxylation sites is 2. The fraction of sp³-hybridized carbons (Fsp3) is 0.400. The summed E-state index contributed by atoms with van der Waals surface area (Å²) in [4.78, 5) is 0. The van der Waals surface area contributed by atoms with Crippen LogP contribution in [0.1, 0.15) is 31.2 Å². The molecule has 0 heterocycles. The topological polar surface area (TPSA) is 39.7 Å². The molecule has 2 aromatic rings. The second-order valence-electron chi connectivity index (χ2n) is 6.05. The number of anilines is 1. The molecule has 1 N–H and O–H groups in total. The van der Waals surface area contributed by atoms with Gasteiger partial charge in [0.1, 0.15) is 17.2 Å². The van der Waals surface area contributed by atoms with E-state index in [2.05, 4.69) is 11.4 Å². The Hall–Kier alpha value is -2.36. The molecule has 0 radical (unpaired) electrons. The first-order valence-corrected chi connectivity index (χ1v) is 8.50. The molecular weight excluding hydrogens is 302 g/mol. The quantitative estimate of drug-likeness (QED) is 0.804. The Morgan fingerprint density at radius 3 is 2.50 bits per heavy atom. The van der Waals surface area contributed by atoms with Crippen LogP contribution < -0.4 is 19.5 Å². The second kappa shape index (κ2) is 7.95. The van der Waals surface area contributed by atoms with Gasteiger partial charge in [-0.3, -0.25) is 0 Å². The van der Waals surface area contributed by atoms with Gasteiger partial charge in [0.2, 0.25) is 0 Å². The Morgan fingerprint density at radius 2 is 1.75 bits per heavy atom. The van der Waals surface area contributed by atoms with Crippen LogP contribution in [0.5, 0.6) is 17.2 Å². The summed E-state index contributed by atoms with van der Waals surface area (Å²) in [5.74, 6) is 2.59. The van der Waals surface area contributed by atoms with Crippen LogP contribution in [-0.4, -0.2) is 20.3 Å². The van der Waals surface area contributed by atoms with Gasteiger partial charge in [0.25, 0.3) is 0 Å². The third kappa shape index (κ3) is 3.94. The molecule has 4 nitrogen and oxygen atoms in total. The molecule has 24 heavy (non-hydrogen) atoms. The van der Waals surface area contributed by atoms with E-state index in [1.807, 2.05) is 36.4 Å². The van der Waals surface area contributed by atoms with E-state index in [-0.39, 0.29) is 0 Å². The summed E-state index contributed by atoms with van der Waals surface area (Å²) >= 11 is 0. The number of benzene rings is 2. The van der Waals surface area contributed by atoms with Gasteiger partial charge in [-0.1, -0.05) is 12.1 Å². The maximum Gasteiger partial charge on any atom is 0.142 e. The predicted octanol–water partition coefficient (Wildman–Crippen LogP) is 4.64. The molecule has 0 aliphatic heterocycles. The summed E-state index contributed by atoms with van der Waals surface area (Å²) in [5, 5.41) is 3.47. The minimum Gasteiger partial charge on any atom is -0.497 e. The molecule has 0 unspecified atom stereocenters. The molecule has 1 aliphatic rings. The molecule has 1 saturated carbocycles. The fourth-order valence-electron chi connectivity index (χ4n) is 3.11. The lowest BCUT2D eigenvalue weighted by atomic mass is 10.1. The summed E-state index contributed by atoms with van der Waals surface area (Å²) in [6.07, 6.45) is 5.18. The average molecular weight is 327 g/mol. The zero-order chi connectivity index (χ0) is 16.8. The molecule has 0 aromatic heterocycles. The minimum atomic E-state index is 0.347. The number of nitrogens with one attached hydrogen (secondary N) is 1. The van der Waals surface area contributed by atoms with Gasteiger partial charge in [-0.15, -0.1) is 0 Å². The summed E-state index contributed by atoms with van der Waals surface area (Å²) in [7, 11) is 3.35. The van der Waals surface area contributed by atoms with Crippen molar-refractivity contribution in [2.45, 2.75) is 38.3 Å². The van der Waals surface area contributed by atoms with Crippen LogP contribution in [0.3, 0.4) is 0 Å². The lowest BCUT2D eigenvalue weighted by Crippen LogP contribution is -2.12. The van der Waals surface area contributed by atoms with E-state index in [0.717, 1.165) is 41.3 Å². The third-order valence-electron chi connectivity index (χ3n) is 4.44. The van der Waals surface area contributed by atoms with Crippen LogP contribution in [-0.2, 0) is 6.54 Å². The molecule has 2 aromatic carbocycles. The molecule has 128 valence electrons. The van der Waals surface area contributed by atoms with Gasteiger partial charge in [0.15, 0.2) is 0 Å². The average Bonchev–Trinajstić information content (AvgIpc) is 3.13. The number of ether oxygens (including phenoxy) is 3. The van der Waals surface area contributed by atoms with Crippen LogP contribution in [0.4, 0.5) is 5.69 Å². The van der Waals surface area contributed by atoms with Crippen LogP contribution >= 0.6 is 0 Å². The van der Waals surface area contributed by atoms with Crippen molar-refractivity contribution in [3.63, 3.8) is 0 Å². The van der Waals surface area contributed by atoms with Crippen molar-refractivity contribution in [2.24, 2.45) is 0 Å². The Kier molecular flexibility index (Phi) is 5.47. The standard InChI is InChI=1S/C20H25NO3/c1-22-17-11-12-19(23-2)15(13-17)14-21-18-9-5-6-10-20(18)24-16-7-3-4-8-16/h5-6,9-13,16,21H,3-4,7-8,14H2,1-2H3. The van der Waals surface area contributed by atoms with Crippen molar-refractivity contribution in [3.8, 4) is 17.2 Å². The smallest absolute Gasteiger partial charge is 0.142 e. The normalized spacial score (nSPS) is 14.4. The van der Waals surface area contributed by atoms with E-state index >= 15 is 0 Å². The van der Waals surface area contributed by atoms with E-state index in [9.17, 15) is 0 Å². The van der Waals surface area contributed by atoms with Gasteiger partial charge in [-0.25, -0.2) is 0 Å². The first kappa shape index (κ1) is 16.5. The largest absolute Gasteiger partial charge is 0.497 e. The minimum absolute atomic E-state index is 0.347. The van der Waals surface area contributed by atoms with Crippen molar-refractivity contribution in [1.29, 1.82) is 0 Å². The van der Waals surface area contributed by atoms with Crippen LogP contribution in [0.25, 0.3) is 0 Å². The van der Waals surface area contributed by atoms with Gasteiger partial charge in [0.05, 0.1) is 26.0 Å². The molecule has 0 amide bonds. The summed E-state index contributed by atoms with van der Waals surface area (Å²) < 4.78 is 16.9. The highest BCUT2D eigenvalue weighted by molar-refractivity contribution is 5.57. The molecule has 1 fully saturated rings. The highest BCUT2D eigenvalue weighted by atomic mass is 16.5. The zero-order valence-electron chi connectivity index (χ0n) is 14.4. The molecule has 1 aliphatic carbocycles. The lowest BCUT2D eigenvalue weighted by Gasteiger charge is -2.18. The SMILES string of the molecule is COc1ccc(OC)c(CNc2ccccc2OC2CCCC2)c1. The van der Waals surface area contributed by atoms with Crippen molar-refractivity contribution in [3.05, 3.63) is 48.0 Å². The van der Waals surface area contributed by atoms with Gasteiger partial charge in [-0.2, -0.15) is 0 Å². The second-order valence-corrected chi connectivity index (χ2v) is 6.05. The highest BCUT2D eigenvalue weighted by Gasteiger charge is 2.17. The summed E-state index contributed by atoms with van der Waals surface area (Å²) in [6, 6.07) is 13.9. The van der Waals surface area contributed by atoms with Crippen LogP contribution in [0.2, 0.25) is 0 Å². The van der Waals surface area contributed by atoms with Crippen LogP contribution in [0, 0.1) is 0 Å². The molecule has 0 bridgehead atoms. The molecule has 0 saturated heterocycles. The molecule has 0 spiro atoms.